The molecular weight excluding hydrogens is 455 g/mol. The van der Waals surface area contributed by atoms with Crippen LogP contribution in [0.5, 0.6) is 5.75 Å². The molecule has 0 radical (unpaired) electrons. The number of nitrogens with zero attached hydrogens (tertiary/aromatic N) is 1. The van der Waals surface area contributed by atoms with Crippen LogP contribution in [0.2, 0.25) is 10.0 Å². The van der Waals surface area contributed by atoms with Gasteiger partial charge in [0, 0.05) is 16.7 Å². The van der Waals surface area contributed by atoms with E-state index in [0.29, 0.717) is 16.5 Å². The number of aromatic nitrogens is 1. The first kappa shape index (κ1) is 21.6. The van der Waals surface area contributed by atoms with Crippen LogP contribution in [-0.4, -0.2) is 25.6 Å². The fourth-order valence-corrected chi connectivity index (χ4v) is 4.00. The predicted octanol–water partition coefficient (Wildman–Crippen LogP) is 4.61. The van der Waals surface area contributed by atoms with Gasteiger partial charge in [-0.15, -0.1) is 11.3 Å². The molecule has 6 nitrogen and oxygen atoms in total. The molecule has 0 atom stereocenters. The lowest BCUT2D eigenvalue weighted by molar-refractivity contribution is -0.115. The summed E-state index contributed by atoms with van der Waals surface area (Å²) in [5.41, 5.74) is 0.818. The van der Waals surface area contributed by atoms with E-state index in [9.17, 15) is 13.2 Å². The van der Waals surface area contributed by atoms with Crippen molar-refractivity contribution in [2.24, 2.45) is 0 Å². The van der Waals surface area contributed by atoms with E-state index in [0.717, 1.165) is 11.3 Å². The van der Waals surface area contributed by atoms with Crippen molar-refractivity contribution in [2.45, 2.75) is 17.9 Å². The summed E-state index contributed by atoms with van der Waals surface area (Å²) >= 11 is 13.3. The highest BCUT2D eigenvalue weighted by Gasteiger charge is 2.14. The highest BCUT2D eigenvalue weighted by atomic mass is 35.5. The number of ether oxygens (including phenoxy) is 1. The van der Waals surface area contributed by atoms with E-state index in [2.05, 4.69) is 10.3 Å². The number of anilines is 1. The van der Waals surface area contributed by atoms with Gasteiger partial charge in [-0.25, -0.2) is 13.4 Å². The molecule has 0 saturated heterocycles. The summed E-state index contributed by atoms with van der Waals surface area (Å²) in [4.78, 5) is 16.8. The standard InChI is InChI=1S/C19H16Cl2N2O4S2/c1-29(25,26)15-6-7-16(21)17(9-15)23-18(24)8-13-11-28-19(22-13)10-27-14-4-2-12(20)3-5-14/h2-7,9,11H,8,10H2,1H3,(H,23,24). The Morgan fingerprint density at radius 2 is 1.90 bits per heavy atom. The van der Waals surface area contributed by atoms with E-state index < -0.39 is 9.84 Å². The molecule has 0 fully saturated rings. The molecule has 1 aromatic heterocycles. The van der Waals surface area contributed by atoms with Crippen LogP contribution in [0.15, 0.2) is 52.7 Å². The van der Waals surface area contributed by atoms with E-state index in [4.69, 9.17) is 27.9 Å². The van der Waals surface area contributed by atoms with Gasteiger partial charge < -0.3 is 10.1 Å². The van der Waals surface area contributed by atoms with E-state index in [1.807, 2.05) is 0 Å². The maximum atomic E-state index is 12.3. The van der Waals surface area contributed by atoms with Crippen molar-refractivity contribution < 1.29 is 17.9 Å². The lowest BCUT2D eigenvalue weighted by atomic mass is 10.3. The molecule has 0 aliphatic carbocycles. The number of sulfone groups is 1. The fraction of sp³-hybridized carbons (Fsp3) is 0.158. The average Bonchev–Trinajstić information content (AvgIpc) is 3.09. The summed E-state index contributed by atoms with van der Waals surface area (Å²) in [5, 5.41) is 6.00. The molecule has 152 valence electrons. The van der Waals surface area contributed by atoms with Crippen molar-refractivity contribution in [1.29, 1.82) is 0 Å². The van der Waals surface area contributed by atoms with E-state index in [1.54, 1.807) is 29.6 Å². The van der Waals surface area contributed by atoms with Gasteiger partial charge >= 0.3 is 0 Å². The minimum atomic E-state index is -3.41. The fourth-order valence-electron chi connectivity index (χ4n) is 2.36. The summed E-state index contributed by atoms with van der Waals surface area (Å²) in [5.74, 6) is 0.317. The summed E-state index contributed by atoms with van der Waals surface area (Å²) < 4.78 is 29.0. The number of amides is 1. The van der Waals surface area contributed by atoms with Gasteiger partial charge in [0.15, 0.2) is 9.84 Å². The molecule has 10 heteroatoms. The Bertz CT molecular complexity index is 1130. The first-order chi connectivity index (χ1) is 13.7. The summed E-state index contributed by atoms with van der Waals surface area (Å²) in [6, 6.07) is 11.2. The Kier molecular flexibility index (Phi) is 6.79. The van der Waals surface area contributed by atoms with Crippen LogP contribution in [0.3, 0.4) is 0 Å². The van der Waals surface area contributed by atoms with Crippen LogP contribution in [0.4, 0.5) is 5.69 Å². The monoisotopic (exact) mass is 470 g/mol. The third-order valence-electron chi connectivity index (χ3n) is 3.76. The number of nitrogens with one attached hydrogen (secondary N) is 1. The van der Waals surface area contributed by atoms with Crippen LogP contribution in [-0.2, 0) is 27.7 Å². The minimum Gasteiger partial charge on any atom is -0.486 e. The third kappa shape index (κ3) is 6.17. The Hall–Kier alpha value is -2.13. The number of carbonyl (C=O) groups excluding carboxylic acids is 1. The Balaban J connectivity index is 1.60. The highest BCUT2D eigenvalue weighted by Crippen LogP contribution is 2.25. The normalized spacial score (nSPS) is 11.3. The van der Waals surface area contributed by atoms with Crippen molar-refractivity contribution in [2.75, 3.05) is 11.6 Å². The smallest absolute Gasteiger partial charge is 0.230 e. The second-order valence-electron chi connectivity index (χ2n) is 6.11. The van der Waals surface area contributed by atoms with Crippen LogP contribution < -0.4 is 10.1 Å². The quantitative estimate of drug-likeness (QED) is 0.544. The molecule has 1 amide bonds. The molecule has 1 N–H and O–H groups in total. The molecule has 0 saturated carbocycles. The molecule has 3 aromatic rings. The maximum absolute atomic E-state index is 12.3. The van der Waals surface area contributed by atoms with Crippen molar-refractivity contribution in [3.05, 3.63) is 68.6 Å². The number of halogens is 2. The van der Waals surface area contributed by atoms with Crippen LogP contribution in [0.25, 0.3) is 0 Å². The van der Waals surface area contributed by atoms with Crippen LogP contribution in [0.1, 0.15) is 10.7 Å². The number of hydrogen-bond acceptors (Lipinski definition) is 6. The second-order valence-corrected chi connectivity index (χ2v) is 9.92. The van der Waals surface area contributed by atoms with Crippen LogP contribution >= 0.6 is 34.5 Å². The maximum Gasteiger partial charge on any atom is 0.230 e. The van der Waals surface area contributed by atoms with Gasteiger partial charge in [0.1, 0.15) is 17.4 Å². The van der Waals surface area contributed by atoms with Gasteiger partial charge in [-0.3, -0.25) is 4.79 Å². The largest absolute Gasteiger partial charge is 0.486 e. The molecule has 0 bridgehead atoms. The number of thiazole rings is 1. The Morgan fingerprint density at radius 1 is 1.17 bits per heavy atom. The summed E-state index contributed by atoms with van der Waals surface area (Å²) in [6.07, 6.45) is 1.11. The third-order valence-corrected chi connectivity index (χ3v) is 6.32. The highest BCUT2D eigenvalue weighted by molar-refractivity contribution is 7.90. The summed E-state index contributed by atoms with van der Waals surface area (Å²) in [6.45, 7) is 0.274. The van der Waals surface area contributed by atoms with E-state index >= 15 is 0 Å². The zero-order chi connectivity index (χ0) is 21.0. The lowest BCUT2D eigenvalue weighted by Crippen LogP contribution is -2.15. The summed E-state index contributed by atoms with van der Waals surface area (Å²) in [7, 11) is -3.41. The molecule has 0 aliphatic rings. The van der Waals surface area contributed by atoms with E-state index in [1.165, 1.54) is 29.5 Å². The Morgan fingerprint density at radius 3 is 2.59 bits per heavy atom. The molecule has 1 heterocycles. The molecule has 3 rings (SSSR count). The number of carbonyl (C=O) groups is 1. The van der Waals surface area contributed by atoms with Crippen molar-refractivity contribution in [3.8, 4) is 5.75 Å². The van der Waals surface area contributed by atoms with Gasteiger partial charge in [0.05, 0.1) is 27.7 Å². The minimum absolute atomic E-state index is 0.0247. The van der Waals surface area contributed by atoms with E-state index in [-0.39, 0.29) is 34.5 Å². The molecular formula is C19H16Cl2N2O4S2. The first-order valence-electron chi connectivity index (χ1n) is 8.32. The lowest BCUT2D eigenvalue weighted by Gasteiger charge is -2.08. The zero-order valence-electron chi connectivity index (χ0n) is 15.2. The Labute approximate surface area is 182 Å². The van der Waals surface area contributed by atoms with Gasteiger partial charge in [-0.05, 0) is 42.5 Å². The molecule has 0 unspecified atom stereocenters. The number of rotatable bonds is 7. The molecule has 0 aliphatic heterocycles. The van der Waals surface area contributed by atoms with Crippen LogP contribution in [0, 0.1) is 0 Å². The first-order valence-corrected chi connectivity index (χ1v) is 11.8. The van der Waals surface area contributed by atoms with Gasteiger partial charge in [0.25, 0.3) is 0 Å². The van der Waals surface area contributed by atoms with Gasteiger partial charge in [-0.1, -0.05) is 23.2 Å². The van der Waals surface area contributed by atoms with Crippen molar-refractivity contribution in [3.63, 3.8) is 0 Å². The van der Waals surface area contributed by atoms with Crippen molar-refractivity contribution in [1.82, 2.24) is 4.98 Å². The topological polar surface area (TPSA) is 85.4 Å². The molecule has 29 heavy (non-hydrogen) atoms. The van der Waals surface area contributed by atoms with Crippen molar-refractivity contribution >= 4 is 56.0 Å². The second kappa shape index (κ2) is 9.13. The van der Waals surface area contributed by atoms with Gasteiger partial charge in [-0.2, -0.15) is 0 Å². The zero-order valence-corrected chi connectivity index (χ0v) is 18.3. The number of hydrogen-bond donors (Lipinski definition) is 1. The number of benzene rings is 2. The molecule has 0 spiro atoms. The average molecular weight is 471 g/mol. The van der Waals surface area contributed by atoms with Gasteiger partial charge in [0.2, 0.25) is 5.91 Å². The SMILES string of the molecule is CS(=O)(=O)c1ccc(Cl)c(NC(=O)Cc2csc(COc3ccc(Cl)cc3)n2)c1. The molecule has 2 aromatic carbocycles. The predicted molar refractivity (Wildman–Crippen MR) is 115 cm³/mol.